The minimum atomic E-state index is -0.609. The summed E-state index contributed by atoms with van der Waals surface area (Å²) in [6.07, 6.45) is -0.609. The second-order valence-electron chi connectivity index (χ2n) is 7.27. The third-order valence-corrected chi connectivity index (χ3v) is 4.92. The number of para-hydroxylation sites is 2. The smallest absolute Gasteiger partial charge is 0.267 e. The van der Waals surface area contributed by atoms with Crippen molar-refractivity contribution in [2.24, 2.45) is 0 Å². The number of hydrogen-bond acceptors (Lipinski definition) is 9. The number of anilines is 2. The molecule has 0 radical (unpaired) electrons. The number of rotatable bonds is 4. The molecule has 1 unspecified atom stereocenters. The van der Waals surface area contributed by atoms with Crippen LogP contribution in [0.5, 0.6) is 11.5 Å². The van der Waals surface area contributed by atoms with Gasteiger partial charge in [-0.3, -0.25) is 9.69 Å². The van der Waals surface area contributed by atoms with Gasteiger partial charge in [0.25, 0.3) is 5.91 Å². The Labute approximate surface area is 169 Å². The number of carbonyl (C=O) groups excluding carboxylic acids is 1. The van der Waals surface area contributed by atoms with Crippen molar-refractivity contribution >= 4 is 17.8 Å². The van der Waals surface area contributed by atoms with Crippen molar-refractivity contribution < 1.29 is 14.3 Å². The number of benzene rings is 1. The van der Waals surface area contributed by atoms with E-state index in [1.165, 1.54) is 0 Å². The van der Waals surface area contributed by atoms with Crippen LogP contribution in [-0.4, -0.2) is 83.6 Å². The van der Waals surface area contributed by atoms with Gasteiger partial charge >= 0.3 is 0 Å². The Bertz CT molecular complexity index is 884. The Kier molecular flexibility index (Phi) is 5.34. The van der Waals surface area contributed by atoms with Crippen molar-refractivity contribution in [1.82, 2.24) is 24.8 Å². The Morgan fingerprint density at radius 3 is 2.59 bits per heavy atom. The molecule has 3 heterocycles. The van der Waals surface area contributed by atoms with Gasteiger partial charge in [0.2, 0.25) is 18.0 Å². The number of carbonyl (C=O) groups is 1. The van der Waals surface area contributed by atoms with Crippen LogP contribution in [0.25, 0.3) is 0 Å². The monoisotopic (exact) mass is 399 g/mol. The van der Waals surface area contributed by atoms with E-state index < -0.39 is 6.10 Å². The molecule has 1 atom stereocenters. The van der Waals surface area contributed by atoms with E-state index in [1.807, 2.05) is 43.3 Å². The van der Waals surface area contributed by atoms with Crippen molar-refractivity contribution in [3.63, 3.8) is 0 Å². The van der Waals surface area contributed by atoms with Gasteiger partial charge in [-0.25, -0.2) is 0 Å². The molecule has 4 rings (SSSR count). The van der Waals surface area contributed by atoms with Crippen LogP contribution in [0, 0.1) is 0 Å². The van der Waals surface area contributed by atoms with Crippen LogP contribution in [0.15, 0.2) is 24.3 Å². The molecular weight excluding hydrogens is 374 g/mol. The van der Waals surface area contributed by atoms with Gasteiger partial charge in [0, 0.05) is 40.3 Å². The first-order chi connectivity index (χ1) is 14.0. The van der Waals surface area contributed by atoms with E-state index in [0.717, 1.165) is 13.1 Å². The fraction of sp³-hybridized carbons (Fsp3) is 0.474. The lowest BCUT2D eigenvalue weighted by molar-refractivity contribution is -0.143. The number of fused-ring (bicyclic) bond motifs is 1. The zero-order valence-electron chi connectivity index (χ0n) is 16.6. The maximum Gasteiger partial charge on any atom is 0.267 e. The highest BCUT2D eigenvalue weighted by molar-refractivity contribution is 5.82. The van der Waals surface area contributed by atoms with Crippen molar-refractivity contribution in [2.45, 2.75) is 12.6 Å². The molecule has 29 heavy (non-hydrogen) atoms. The van der Waals surface area contributed by atoms with Crippen LogP contribution < -0.4 is 20.1 Å². The Balaban J connectivity index is 1.32. The van der Waals surface area contributed by atoms with Gasteiger partial charge in [-0.2, -0.15) is 15.0 Å². The van der Waals surface area contributed by atoms with Crippen LogP contribution in [0.4, 0.5) is 11.9 Å². The summed E-state index contributed by atoms with van der Waals surface area (Å²) in [5.41, 5.74) is 5.79. The molecule has 0 saturated carbocycles. The normalized spacial score (nSPS) is 19.1. The molecule has 2 aromatic rings. The van der Waals surface area contributed by atoms with E-state index in [1.54, 1.807) is 4.90 Å². The molecule has 0 aliphatic carbocycles. The summed E-state index contributed by atoms with van der Waals surface area (Å²) in [4.78, 5) is 31.4. The summed E-state index contributed by atoms with van der Waals surface area (Å²) in [7, 11) is 3.72. The predicted molar refractivity (Wildman–Crippen MR) is 107 cm³/mol. The lowest BCUT2D eigenvalue weighted by Crippen LogP contribution is -2.53. The van der Waals surface area contributed by atoms with Crippen LogP contribution in [-0.2, 0) is 11.3 Å². The molecular formula is C19H25N7O3. The maximum absolute atomic E-state index is 12.8. The molecule has 1 aromatic heterocycles. The number of ether oxygens (including phenoxy) is 2. The quantitative estimate of drug-likeness (QED) is 0.760. The van der Waals surface area contributed by atoms with Crippen molar-refractivity contribution in [3.8, 4) is 11.5 Å². The summed E-state index contributed by atoms with van der Waals surface area (Å²) >= 11 is 0. The van der Waals surface area contributed by atoms with E-state index in [-0.39, 0.29) is 18.5 Å². The molecule has 10 heteroatoms. The first kappa shape index (κ1) is 19.2. The Morgan fingerprint density at radius 2 is 1.86 bits per heavy atom. The fourth-order valence-corrected chi connectivity index (χ4v) is 3.37. The van der Waals surface area contributed by atoms with E-state index >= 15 is 0 Å². The van der Waals surface area contributed by atoms with Gasteiger partial charge in [0.1, 0.15) is 12.4 Å². The second kappa shape index (κ2) is 8.08. The van der Waals surface area contributed by atoms with Gasteiger partial charge in [-0.15, -0.1) is 0 Å². The van der Waals surface area contributed by atoms with Gasteiger partial charge < -0.3 is 25.0 Å². The van der Waals surface area contributed by atoms with E-state index in [2.05, 4.69) is 19.9 Å². The first-order valence-electron chi connectivity index (χ1n) is 9.57. The highest BCUT2D eigenvalue weighted by Gasteiger charge is 2.32. The van der Waals surface area contributed by atoms with Crippen LogP contribution in [0.3, 0.4) is 0 Å². The van der Waals surface area contributed by atoms with Crippen molar-refractivity contribution in [3.05, 3.63) is 30.1 Å². The zero-order chi connectivity index (χ0) is 20.4. The van der Waals surface area contributed by atoms with Crippen LogP contribution in [0.1, 0.15) is 5.82 Å². The summed E-state index contributed by atoms with van der Waals surface area (Å²) < 4.78 is 11.5. The number of nitrogens with zero attached hydrogens (tertiary/aromatic N) is 6. The summed E-state index contributed by atoms with van der Waals surface area (Å²) in [5, 5.41) is 0. The van der Waals surface area contributed by atoms with Gasteiger partial charge in [-0.1, -0.05) is 12.1 Å². The highest BCUT2D eigenvalue weighted by Crippen LogP contribution is 2.31. The van der Waals surface area contributed by atoms with Crippen LogP contribution >= 0.6 is 0 Å². The molecule has 2 aliphatic heterocycles. The van der Waals surface area contributed by atoms with Crippen molar-refractivity contribution in [1.29, 1.82) is 0 Å². The lowest BCUT2D eigenvalue weighted by Gasteiger charge is -2.36. The minimum Gasteiger partial charge on any atom is -0.485 e. The topological polar surface area (TPSA) is 110 Å². The molecule has 2 aliphatic rings. The molecule has 1 fully saturated rings. The Morgan fingerprint density at radius 1 is 1.14 bits per heavy atom. The third-order valence-electron chi connectivity index (χ3n) is 4.92. The van der Waals surface area contributed by atoms with E-state index in [0.29, 0.717) is 42.9 Å². The second-order valence-corrected chi connectivity index (χ2v) is 7.27. The molecule has 154 valence electrons. The van der Waals surface area contributed by atoms with Crippen LogP contribution in [0.2, 0.25) is 0 Å². The van der Waals surface area contributed by atoms with Gasteiger partial charge in [0.05, 0.1) is 6.54 Å². The van der Waals surface area contributed by atoms with Gasteiger partial charge in [0.15, 0.2) is 11.5 Å². The average molecular weight is 399 g/mol. The van der Waals surface area contributed by atoms with Crippen molar-refractivity contribution in [2.75, 3.05) is 57.5 Å². The number of aromatic nitrogens is 3. The molecule has 1 saturated heterocycles. The Hall–Kier alpha value is -3.14. The summed E-state index contributed by atoms with van der Waals surface area (Å²) in [6, 6.07) is 7.40. The average Bonchev–Trinajstić information content (AvgIpc) is 2.73. The van der Waals surface area contributed by atoms with Gasteiger partial charge in [-0.05, 0) is 12.1 Å². The van der Waals surface area contributed by atoms with E-state index in [9.17, 15) is 4.79 Å². The largest absolute Gasteiger partial charge is 0.485 e. The summed E-state index contributed by atoms with van der Waals surface area (Å²) in [5.74, 6) is 2.62. The molecule has 1 aromatic carbocycles. The number of amides is 1. The number of nitrogen functional groups attached to an aromatic ring is 1. The molecule has 1 amide bonds. The third kappa shape index (κ3) is 4.32. The molecule has 10 nitrogen and oxygen atoms in total. The maximum atomic E-state index is 12.8. The standard InChI is InChI=1S/C19H25N7O3/c1-24(2)19-22-16(21-18(20)23-19)11-25-7-9-26(10-8-25)17(27)15-12-28-13-5-3-4-6-14(13)29-15/h3-6,15H,7-12H2,1-2H3,(H2,20,21,22,23). The minimum absolute atomic E-state index is 0.0431. The molecule has 0 spiro atoms. The fourth-order valence-electron chi connectivity index (χ4n) is 3.37. The number of hydrogen-bond donors (Lipinski definition) is 1. The molecule has 2 N–H and O–H groups in total. The zero-order valence-corrected chi connectivity index (χ0v) is 16.6. The lowest BCUT2D eigenvalue weighted by atomic mass is 10.2. The molecule has 0 bridgehead atoms. The SMILES string of the molecule is CN(C)c1nc(N)nc(CN2CCN(C(=O)C3COc4ccccc4O3)CC2)n1. The number of nitrogens with two attached hydrogens (primary N) is 1. The number of piperazine rings is 1. The highest BCUT2D eigenvalue weighted by atomic mass is 16.6. The summed E-state index contributed by atoms with van der Waals surface area (Å²) in [6.45, 7) is 3.46. The predicted octanol–water partition coefficient (Wildman–Crippen LogP) is 0.00400. The first-order valence-corrected chi connectivity index (χ1v) is 9.57. The van der Waals surface area contributed by atoms with E-state index in [4.69, 9.17) is 15.2 Å².